The van der Waals surface area contributed by atoms with Crippen molar-refractivity contribution >= 4 is 17.0 Å². The Balaban J connectivity index is 1.47. The van der Waals surface area contributed by atoms with Crippen LogP contribution in [-0.4, -0.2) is 59.0 Å². The molecule has 6 rings (SSSR count). The molecule has 9 nitrogen and oxygen atoms in total. The molecule has 9 heteroatoms. The number of fused-ring (bicyclic) bond motifs is 2. The van der Waals surface area contributed by atoms with Crippen molar-refractivity contribution in [3.05, 3.63) is 48.7 Å². The number of rotatable bonds is 5. The Morgan fingerprint density at radius 2 is 1.97 bits per heavy atom. The van der Waals surface area contributed by atoms with Gasteiger partial charge in [0, 0.05) is 30.4 Å². The molecule has 0 spiro atoms. The van der Waals surface area contributed by atoms with Crippen LogP contribution in [0.15, 0.2) is 48.7 Å². The molecule has 1 unspecified atom stereocenters. The third-order valence-corrected chi connectivity index (χ3v) is 6.16. The van der Waals surface area contributed by atoms with Crippen molar-refractivity contribution in [1.82, 2.24) is 24.8 Å². The number of benzene rings is 2. The molecule has 1 atom stereocenters. The second-order valence-corrected chi connectivity index (χ2v) is 8.41. The molecule has 2 aliphatic heterocycles. The van der Waals surface area contributed by atoms with Crippen molar-refractivity contribution in [3.8, 4) is 34.5 Å². The molecule has 1 saturated heterocycles. The Morgan fingerprint density at radius 1 is 1.06 bits per heavy atom. The maximum Gasteiger partial charge on any atom is 0.224 e. The summed E-state index contributed by atoms with van der Waals surface area (Å²) >= 11 is 0. The van der Waals surface area contributed by atoms with E-state index in [-0.39, 0.29) is 0 Å². The van der Waals surface area contributed by atoms with Gasteiger partial charge in [-0.3, -0.25) is 4.57 Å². The highest BCUT2D eigenvalue weighted by atomic mass is 16.6. The van der Waals surface area contributed by atoms with E-state index < -0.39 is 0 Å². The highest BCUT2D eigenvalue weighted by Crippen LogP contribution is 2.36. The summed E-state index contributed by atoms with van der Waals surface area (Å²) in [4.78, 5) is 14.3. The van der Waals surface area contributed by atoms with Crippen molar-refractivity contribution in [2.45, 2.75) is 18.9 Å². The predicted molar refractivity (Wildman–Crippen MR) is 129 cm³/mol. The zero-order chi connectivity index (χ0) is 22.9. The lowest BCUT2D eigenvalue weighted by Gasteiger charge is -2.23. The summed E-state index contributed by atoms with van der Waals surface area (Å²) < 4.78 is 19.1. The van der Waals surface area contributed by atoms with Crippen LogP contribution in [0.25, 0.3) is 28.2 Å². The van der Waals surface area contributed by atoms with Gasteiger partial charge < -0.3 is 24.8 Å². The Morgan fingerprint density at radius 3 is 2.82 bits per heavy atom. The van der Waals surface area contributed by atoms with E-state index in [9.17, 15) is 0 Å². The second-order valence-electron chi connectivity index (χ2n) is 8.41. The minimum atomic E-state index is 0.306. The standard InChI is InChI=1S/C25H26N6O3/c1-32-18-5-6-19-20(14-18)31(23-8-10-27-25(30-23)28-17-3-2-9-26-15-17)24(29-19)16-4-7-21-22(13-16)34-12-11-33-21/h4-8,10,13-14,17,26H,2-3,9,11-12,15H2,1H3,(H,27,28,30). The molecule has 4 heterocycles. The first-order valence-electron chi connectivity index (χ1n) is 11.6. The Bertz CT molecular complexity index is 1330. The zero-order valence-corrected chi connectivity index (χ0v) is 19.0. The molecule has 0 radical (unpaired) electrons. The van der Waals surface area contributed by atoms with E-state index in [0.29, 0.717) is 25.2 Å². The summed E-state index contributed by atoms with van der Waals surface area (Å²) in [6.45, 7) is 3.04. The first kappa shape index (κ1) is 20.7. The van der Waals surface area contributed by atoms with Gasteiger partial charge in [-0.25, -0.2) is 9.97 Å². The van der Waals surface area contributed by atoms with E-state index in [0.717, 1.165) is 71.4 Å². The molecule has 2 aliphatic rings. The van der Waals surface area contributed by atoms with Crippen LogP contribution in [0.2, 0.25) is 0 Å². The van der Waals surface area contributed by atoms with E-state index in [2.05, 4.69) is 15.6 Å². The lowest BCUT2D eigenvalue weighted by molar-refractivity contribution is 0.171. The highest BCUT2D eigenvalue weighted by molar-refractivity contribution is 5.84. The summed E-state index contributed by atoms with van der Waals surface area (Å²) in [6, 6.07) is 13.9. The number of aromatic nitrogens is 4. The van der Waals surface area contributed by atoms with Crippen LogP contribution in [0.3, 0.4) is 0 Å². The Labute approximate surface area is 197 Å². The molecule has 174 valence electrons. The third kappa shape index (κ3) is 3.88. The van der Waals surface area contributed by atoms with Crippen LogP contribution in [0.1, 0.15) is 12.8 Å². The number of nitrogens with one attached hydrogen (secondary N) is 2. The monoisotopic (exact) mass is 458 g/mol. The molecule has 0 saturated carbocycles. The molecular formula is C25H26N6O3. The molecule has 34 heavy (non-hydrogen) atoms. The van der Waals surface area contributed by atoms with Crippen molar-refractivity contribution in [2.75, 3.05) is 38.7 Å². The summed E-state index contributed by atoms with van der Waals surface area (Å²) in [6.07, 6.45) is 4.01. The van der Waals surface area contributed by atoms with E-state index >= 15 is 0 Å². The van der Waals surface area contributed by atoms with Gasteiger partial charge in [-0.2, -0.15) is 4.98 Å². The van der Waals surface area contributed by atoms with Crippen LogP contribution >= 0.6 is 0 Å². The smallest absolute Gasteiger partial charge is 0.224 e. The second kappa shape index (κ2) is 8.83. The predicted octanol–water partition coefficient (Wildman–Crippen LogP) is 3.43. The number of hydrogen-bond donors (Lipinski definition) is 2. The van der Waals surface area contributed by atoms with Gasteiger partial charge in [0.05, 0.1) is 18.1 Å². The Hall–Kier alpha value is -3.85. The molecule has 0 aliphatic carbocycles. The van der Waals surface area contributed by atoms with Crippen molar-refractivity contribution in [2.24, 2.45) is 0 Å². The number of nitrogens with zero attached hydrogens (tertiary/aromatic N) is 4. The number of ether oxygens (including phenoxy) is 3. The molecule has 2 aromatic heterocycles. The fourth-order valence-corrected chi connectivity index (χ4v) is 4.49. The lowest BCUT2D eigenvalue weighted by Crippen LogP contribution is -2.38. The van der Waals surface area contributed by atoms with Gasteiger partial charge in [-0.05, 0) is 55.8 Å². The Kier molecular flexibility index (Phi) is 5.38. The number of methoxy groups -OCH3 is 1. The SMILES string of the molecule is COc1ccc2nc(-c3ccc4c(c3)OCCO4)n(-c3ccnc(NC4CCCNC4)n3)c2c1. The van der Waals surface area contributed by atoms with Crippen molar-refractivity contribution < 1.29 is 14.2 Å². The molecule has 2 N–H and O–H groups in total. The number of anilines is 1. The van der Waals surface area contributed by atoms with E-state index in [1.807, 2.05) is 47.0 Å². The normalized spacial score (nSPS) is 17.5. The first-order valence-corrected chi connectivity index (χ1v) is 11.6. The van der Waals surface area contributed by atoms with Crippen molar-refractivity contribution in [3.63, 3.8) is 0 Å². The average molecular weight is 459 g/mol. The van der Waals surface area contributed by atoms with E-state index in [1.54, 1.807) is 13.3 Å². The third-order valence-electron chi connectivity index (χ3n) is 6.16. The molecule has 0 bridgehead atoms. The van der Waals surface area contributed by atoms with E-state index in [4.69, 9.17) is 24.2 Å². The fourth-order valence-electron chi connectivity index (χ4n) is 4.49. The number of imidazole rings is 1. The van der Waals surface area contributed by atoms with Crippen molar-refractivity contribution in [1.29, 1.82) is 0 Å². The van der Waals surface area contributed by atoms with Crippen LogP contribution in [0.5, 0.6) is 17.2 Å². The summed E-state index contributed by atoms with van der Waals surface area (Å²) in [5.41, 5.74) is 2.65. The quantitative estimate of drug-likeness (QED) is 0.470. The molecular weight excluding hydrogens is 432 g/mol. The zero-order valence-electron chi connectivity index (χ0n) is 19.0. The summed E-state index contributed by atoms with van der Waals surface area (Å²) in [5.74, 6) is 4.29. The van der Waals surface area contributed by atoms with Gasteiger partial charge >= 0.3 is 0 Å². The van der Waals surface area contributed by atoms with E-state index in [1.165, 1.54) is 0 Å². The number of hydrogen-bond acceptors (Lipinski definition) is 8. The largest absolute Gasteiger partial charge is 0.497 e. The first-order chi connectivity index (χ1) is 16.8. The topological polar surface area (TPSA) is 95.3 Å². The lowest BCUT2D eigenvalue weighted by atomic mass is 10.1. The van der Waals surface area contributed by atoms with Crippen LogP contribution in [0.4, 0.5) is 5.95 Å². The minimum Gasteiger partial charge on any atom is -0.497 e. The molecule has 2 aromatic carbocycles. The van der Waals surface area contributed by atoms with Crippen LogP contribution in [-0.2, 0) is 0 Å². The van der Waals surface area contributed by atoms with Gasteiger partial charge in [-0.1, -0.05) is 0 Å². The number of piperidine rings is 1. The molecule has 0 amide bonds. The van der Waals surface area contributed by atoms with Gasteiger partial charge in [0.25, 0.3) is 0 Å². The van der Waals surface area contributed by atoms with Gasteiger partial charge in [-0.15, -0.1) is 0 Å². The van der Waals surface area contributed by atoms with Crippen LogP contribution in [0, 0.1) is 0 Å². The van der Waals surface area contributed by atoms with Crippen LogP contribution < -0.4 is 24.8 Å². The molecule has 4 aromatic rings. The maximum atomic E-state index is 5.82. The molecule has 1 fully saturated rings. The highest BCUT2D eigenvalue weighted by Gasteiger charge is 2.20. The maximum absolute atomic E-state index is 5.82. The van der Waals surface area contributed by atoms with Gasteiger partial charge in [0.15, 0.2) is 11.5 Å². The van der Waals surface area contributed by atoms with Gasteiger partial charge in [0.1, 0.15) is 30.6 Å². The fraction of sp³-hybridized carbons (Fsp3) is 0.320. The minimum absolute atomic E-state index is 0.306. The summed E-state index contributed by atoms with van der Waals surface area (Å²) in [5, 5.41) is 6.89. The summed E-state index contributed by atoms with van der Waals surface area (Å²) in [7, 11) is 1.66. The average Bonchev–Trinajstić information content (AvgIpc) is 3.28. The van der Waals surface area contributed by atoms with Gasteiger partial charge in [0.2, 0.25) is 5.95 Å².